The average Bonchev–Trinajstić information content (AvgIpc) is 3.09. The van der Waals surface area contributed by atoms with Gasteiger partial charge in [0.2, 0.25) is 5.76 Å². The van der Waals surface area contributed by atoms with Crippen molar-refractivity contribution in [1.29, 1.82) is 0 Å². The maximum absolute atomic E-state index is 11.8. The second-order valence-electron chi connectivity index (χ2n) is 6.27. The number of carbonyl (C=O) groups excluding carboxylic acids is 1. The molecule has 0 unspecified atom stereocenters. The number of hydrogen-bond acceptors (Lipinski definition) is 6. The van der Waals surface area contributed by atoms with Crippen LogP contribution < -0.4 is 16.9 Å². The van der Waals surface area contributed by atoms with Gasteiger partial charge >= 0.3 is 0 Å². The van der Waals surface area contributed by atoms with Crippen LogP contribution in [0.25, 0.3) is 11.3 Å². The normalized spacial score (nSPS) is 14.0. The number of rotatable bonds is 5. The Morgan fingerprint density at radius 3 is 2.58 bits per heavy atom. The highest BCUT2D eigenvalue weighted by Crippen LogP contribution is 2.21. The molecule has 1 amide bonds. The molecule has 2 aromatic rings. The smallest absolute Gasteiger partial charge is 0.290 e. The molecule has 0 atom stereocenters. The second kappa shape index (κ2) is 9.62. The van der Waals surface area contributed by atoms with Crippen molar-refractivity contribution in [1.82, 2.24) is 15.5 Å². The van der Waals surface area contributed by atoms with E-state index in [0.717, 1.165) is 30.5 Å². The molecule has 0 radical (unpaired) electrons. The first-order valence-electron chi connectivity index (χ1n) is 8.76. The Bertz CT molecular complexity index is 721. The predicted molar refractivity (Wildman–Crippen MR) is 102 cm³/mol. The molecule has 0 bridgehead atoms. The van der Waals surface area contributed by atoms with Crippen LogP contribution in [0.1, 0.15) is 43.2 Å². The molecular formula is C19H27N5O2. The van der Waals surface area contributed by atoms with Crippen molar-refractivity contribution in [3.63, 3.8) is 0 Å². The van der Waals surface area contributed by atoms with E-state index in [1.54, 1.807) is 19.3 Å². The molecule has 26 heavy (non-hydrogen) atoms. The Morgan fingerprint density at radius 1 is 1.38 bits per heavy atom. The number of carbonyl (C=O) groups is 1. The molecule has 1 saturated carbocycles. The van der Waals surface area contributed by atoms with Crippen molar-refractivity contribution in [3.8, 4) is 11.3 Å². The van der Waals surface area contributed by atoms with Gasteiger partial charge in [-0.15, -0.1) is 0 Å². The number of amides is 1. The van der Waals surface area contributed by atoms with Gasteiger partial charge in [-0.2, -0.15) is 0 Å². The molecule has 0 saturated heterocycles. The van der Waals surface area contributed by atoms with Crippen molar-refractivity contribution in [2.24, 2.45) is 11.6 Å². The number of nitrogens with one attached hydrogen (secondary N) is 1. The minimum atomic E-state index is -0.172. The summed E-state index contributed by atoms with van der Waals surface area (Å²) in [6, 6.07) is 11.7. The zero-order valence-electron chi connectivity index (χ0n) is 15.3. The van der Waals surface area contributed by atoms with Crippen LogP contribution in [0, 0.1) is 0 Å². The fourth-order valence-electron chi connectivity index (χ4n) is 2.29. The molecule has 0 aliphatic heterocycles. The fraction of sp³-hybridized carbons (Fsp3) is 0.368. The first-order valence-corrected chi connectivity index (χ1v) is 8.76. The van der Waals surface area contributed by atoms with E-state index in [-0.39, 0.29) is 11.7 Å². The van der Waals surface area contributed by atoms with E-state index < -0.39 is 0 Å². The van der Waals surface area contributed by atoms with Crippen LogP contribution >= 0.6 is 0 Å². The van der Waals surface area contributed by atoms with E-state index in [9.17, 15) is 4.79 Å². The van der Waals surface area contributed by atoms with Gasteiger partial charge in [0.25, 0.3) is 5.91 Å². The standard InChI is InChI=1S/C14H14N2O2.C5H13N3/c17-14(15-11-7-4-8-11)13-9-12(16-18-13)10-5-2-1-3-6-10;1-3-5(6)4-8(2)7/h1-3,5-6,9,11H,4,7-8H2,(H,15,17);4H,3,6-7H2,1-2H3/b;5-4-. The third-order valence-corrected chi connectivity index (χ3v) is 4.02. The van der Waals surface area contributed by atoms with Gasteiger partial charge in [0.05, 0.1) is 0 Å². The van der Waals surface area contributed by atoms with Crippen LogP contribution in [-0.2, 0) is 0 Å². The highest BCUT2D eigenvalue weighted by molar-refractivity contribution is 5.92. The Labute approximate surface area is 154 Å². The molecule has 1 aromatic carbocycles. The van der Waals surface area contributed by atoms with Crippen molar-refractivity contribution in [2.45, 2.75) is 38.6 Å². The van der Waals surface area contributed by atoms with E-state index in [1.807, 2.05) is 37.3 Å². The first-order chi connectivity index (χ1) is 12.5. The van der Waals surface area contributed by atoms with Gasteiger partial charge in [-0.1, -0.05) is 42.4 Å². The minimum Gasteiger partial charge on any atom is -0.401 e. The Hall–Kier alpha value is -2.80. The second-order valence-corrected chi connectivity index (χ2v) is 6.27. The third kappa shape index (κ3) is 5.93. The Kier molecular flexibility index (Phi) is 7.23. The summed E-state index contributed by atoms with van der Waals surface area (Å²) in [5.41, 5.74) is 7.85. The quantitative estimate of drug-likeness (QED) is 0.560. The number of aromatic nitrogens is 1. The summed E-state index contributed by atoms with van der Waals surface area (Å²) in [7, 11) is 1.74. The largest absolute Gasteiger partial charge is 0.401 e. The average molecular weight is 357 g/mol. The molecule has 140 valence electrons. The lowest BCUT2D eigenvalue weighted by atomic mass is 9.93. The van der Waals surface area contributed by atoms with E-state index in [1.165, 1.54) is 11.4 Å². The maximum atomic E-state index is 11.8. The van der Waals surface area contributed by atoms with Crippen molar-refractivity contribution < 1.29 is 9.32 Å². The lowest BCUT2D eigenvalue weighted by Gasteiger charge is -2.25. The molecule has 1 aromatic heterocycles. The van der Waals surface area contributed by atoms with Gasteiger partial charge in [0, 0.05) is 36.6 Å². The van der Waals surface area contributed by atoms with Crippen LogP contribution in [-0.4, -0.2) is 29.2 Å². The summed E-state index contributed by atoms with van der Waals surface area (Å²) in [5, 5.41) is 8.29. The fourth-order valence-corrected chi connectivity index (χ4v) is 2.29. The molecule has 1 aliphatic carbocycles. The number of hydrogen-bond donors (Lipinski definition) is 3. The summed E-state index contributed by atoms with van der Waals surface area (Å²) in [5.74, 6) is 5.35. The van der Waals surface area contributed by atoms with Gasteiger partial charge in [0.15, 0.2) is 0 Å². The molecule has 0 spiro atoms. The molecule has 7 nitrogen and oxygen atoms in total. The summed E-state index contributed by atoms with van der Waals surface area (Å²) in [6.07, 6.45) is 5.86. The monoisotopic (exact) mass is 357 g/mol. The lowest BCUT2D eigenvalue weighted by Crippen LogP contribution is -2.39. The summed E-state index contributed by atoms with van der Waals surface area (Å²) >= 11 is 0. The van der Waals surface area contributed by atoms with Crippen LogP contribution in [0.4, 0.5) is 0 Å². The van der Waals surface area contributed by atoms with Crippen LogP contribution in [0.5, 0.6) is 0 Å². The SMILES string of the molecule is CC/C(N)=C/N(C)N.O=C(NC1CCC1)c1cc(-c2ccccc2)no1. The topological polar surface area (TPSA) is 110 Å². The van der Waals surface area contributed by atoms with Gasteiger partial charge in [-0.05, 0) is 25.7 Å². The summed E-state index contributed by atoms with van der Waals surface area (Å²) < 4.78 is 5.09. The first kappa shape index (κ1) is 19.5. The zero-order chi connectivity index (χ0) is 18.9. The predicted octanol–water partition coefficient (Wildman–Crippen LogP) is 2.63. The number of nitrogens with two attached hydrogens (primary N) is 2. The number of allylic oxidation sites excluding steroid dienone is 1. The van der Waals surface area contributed by atoms with Crippen molar-refractivity contribution in [3.05, 3.63) is 54.1 Å². The van der Waals surface area contributed by atoms with Crippen LogP contribution in [0.3, 0.4) is 0 Å². The van der Waals surface area contributed by atoms with E-state index in [2.05, 4.69) is 10.5 Å². The Morgan fingerprint density at radius 2 is 2.08 bits per heavy atom. The molecule has 1 aliphatic rings. The molecule has 3 rings (SSSR count). The van der Waals surface area contributed by atoms with E-state index >= 15 is 0 Å². The summed E-state index contributed by atoms with van der Waals surface area (Å²) in [6.45, 7) is 1.98. The van der Waals surface area contributed by atoms with Crippen LogP contribution in [0.2, 0.25) is 0 Å². The van der Waals surface area contributed by atoms with E-state index in [4.69, 9.17) is 16.1 Å². The molecule has 7 heteroatoms. The maximum Gasteiger partial charge on any atom is 0.290 e. The summed E-state index contributed by atoms with van der Waals surface area (Å²) in [4.78, 5) is 11.8. The molecule has 5 N–H and O–H groups in total. The van der Waals surface area contributed by atoms with Gasteiger partial charge in [-0.3, -0.25) is 4.79 Å². The van der Waals surface area contributed by atoms with Gasteiger partial charge < -0.3 is 20.6 Å². The minimum absolute atomic E-state index is 0.172. The third-order valence-electron chi connectivity index (χ3n) is 4.02. The van der Waals surface area contributed by atoms with Crippen molar-refractivity contribution >= 4 is 5.91 Å². The molecular weight excluding hydrogens is 330 g/mol. The molecule has 1 heterocycles. The molecule has 1 fully saturated rings. The lowest BCUT2D eigenvalue weighted by molar-refractivity contribution is 0.0879. The van der Waals surface area contributed by atoms with E-state index in [0.29, 0.717) is 11.7 Å². The zero-order valence-corrected chi connectivity index (χ0v) is 15.3. The number of hydrazine groups is 1. The highest BCUT2D eigenvalue weighted by atomic mass is 16.5. The van der Waals surface area contributed by atoms with Crippen LogP contribution in [0.15, 0.2) is 52.8 Å². The number of nitrogens with zero attached hydrogens (tertiary/aromatic N) is 2. The van der Waals surface area contributed by atoms with Crippen molar-refractivity contribution in [2.75, 3.05) is 7.05 Å². The van der Waals surface area contributed by atoms with Gasteiger partial charge in [0.1, 0.15) is 5.69 Å². The Balaban J connectivity index is 0.000000260. The van der Waals surface area contributed by atoms with Gasteiger partial charge in [-0.25, -0.2) is 5.84 Å². The highest BCUT2D eigenvalue weighted by Gasteiger charge is 2.22. The number of benzene rings is 1.